The number of amides is 1. The Balaban J connectivity index is 1.86. The molecule has 6 nitrogen and oxygen atoms in total. The number of hydrogen-bond acceptors (Lipinski definition) is 3. The van der Waals surface area contributed by atoms with Gasteiger partial charge in [0.15, 0.2) is 12.4 Å². The normalized spacial score (nSPS) is 13.8. The van der Waals surface area contributed by atoms with E-state index in [0.717, 1.165) is 21.6 Å². The maximum Gasteiger partial charge on any atom is 0.332 e. The largest absolute Gasteiger partial charge is 0.341 e. The Labute approximate surface area is 157 Å². The van der Waals surface area contributed by atoms with Crippen molar-refractivity contribution in [2.75, 3.05) is 13.1 Å². The van der Waals surface area contributed by atoms with Gasteiger partial charge in [0.2, 0.25) is 5.91 Å². The molecule has 1 aliphatic heterocycles. The van der Waals surface area contributed by atoms with E-state index in [9.17, 15) is 22.8 Å². The smallest absolute Gasteiger partial charge is 0.332 e. The Morgan fingerprint density at radius 1 is 1.21 bits per heavy atom. The van der Waals surface area contributed by atoms with E-state index in [1.165, 1.54) is 25.3 Å². The summed E-state index contributed by atoms with van der Waals surface area (Å²) in [5.41, 5.74) is -0.151. The van der Waals surface area contributed by atoms with Crippen molar-refractivity contribution in [3.8, 4) is 11.1 Å². The predicted octanol–water partition coefficient (Wildman–Crippen LogP) is 2.61. The van der Waals surface area contributed by atoms with Crippen molar-refractivity contribution in [1.82, 2.24) is 19.0 Å². The lowest BCUT2D eigenvalue weighted by Gasteiger charge is -2.30. The number of aromatic nitrogens is 3. The topological polar surface area (TPSA) is 60.1 Å². The van der Waals surface area contributed by atoms with Gasteiger partial charge in [0, 0.05) is 36.0 Å². The number of nitrogens with zero attached hydrogens (tertiary/aromatic N) is 4. The van der Waals surface area contributed by atoms with Crippen LogP contribution >= 0.6 is 0 Å². The second-order valence-electron chi connectivity index (χ2n) is 6.75. The number of rotatable bonds is 4. The van der Waals surface area contributed by atoms with Gasteiger partial charge in [0.05, 0.1) is 5.52 Å². The molecular formula is C19H17F3N4O2. The third-order valence-electron chi connectivity index (χ3n) is 5.11. The Morgan fingerprint density at radius 3 is 2.61 bits per heavy atom. The minimum Gasteiger partial charge on any atom is -0.341 e. The van der Waals surface area contributed by atoms with Crippen LogP contribution in [0.15, 0.2) is 29.2 Å². The highest BCUT2D eigenvalue weighted by molar-refractivity contribution is 5.82. The van der Waals surface area contributed by atoms with Crippen LogP contribution in [0.1, 0.15) is 12.0 Å². The van der Waals surface area contributed by atoms with E-state index in [0.29, 0.717) is 18.7 Å². The lowest BCUT2D eigenvalue weighted by molar-refractivity contribution is -0.135. The summed E-state index contributed by atoms with van der Waals surface area (Å²) in [5.74, 6) is -1.66. The fourth-order valence-corrected chi connectivity index (χ4v) is 3.29. The second kappa shape index (κ2) is 6.81. The van der Waals surface area contributed by atoms with Crippen molar-refractivity contribution in [2.24, 2.45) is 0 Å². The summed E-state index contributed by atoms with van der Waals surface area (Å²) in [4.78, 5) is 30.6. The maximum absolute atomic E-state index is 14.5. The van der Waals surface area contributed by atoms with Crippen molar-refractivity contribution < 1.29 is 18.0 Å². The molecule has 28 heavy (non-hydrogen) atoms. The molecule has 1 saturated heterocycles. The summed E-state index contributed by atoms with van der Waals surface area (Å²) >= 11 is 0. The van der Waals surface area contributed by atoms with Gasteiger partial charge in [0.25, 0.3) is 0 Å². The van der Waals surface area contributed by atoms with Crippen LogP contribution in [0.5, 0.6) is 0 Å². The number of fused-ring (bicyclic) bond motifs is 1. The zero-order valence-corrected chi connectivity index (χ0v) is 15.1. The molecule has 0 spiro atoms. The first-order valence-electron chi connectivity index (χ1n) is 8.80. The van der Waals surface area contributed by atoms with Gasteiger partial charge in [-0.05, 0) is 31.5 Å². The van der Waals surface area contributed by atoms with Gasteiger partial charge >= 0.3 is 5.69 Å². The average Bonchev–Trinajstić information content (AvgIpc) is 2.89. The number of pyridine rings is 1. The minimum absolute atomic E-state index is 0.0619. The molecule has 1 amide bonds. The molecule has 3 aromatic rings. The Kier molecular flexibility index (Phi) is 4.44. The van der Waals surface area contributed by atoms with Crippen molar-refractivity contribution in [3.63, 3.8) is 0 Å². The van der Waals surface area contributed by atoms with Crippen molar-refractivity contribution in [1.29, 1.82) is 0 Å². The SMILES string of the molecule is Cc1c(F)ccc(-c2cnc3c(c2)n(CC(=O)N2CCC2)c(=O)n3CF)c1F. The molecule has 1 fully saturated rings. The summed E-state index contributed by atoms with van der Waals surface area (Å²) < 4.78 is 43.4. The van der Waals surface area contributed by atoms with E-state index in [4.69, 9.17) is 0 Å². The summed E-state index contributed by atoms with van der Waals surface area (Å²) in [6.45, 7) is 1.22. The van der Waals surface area contributed by atoms with E-state index in [-0.39, 0.29) is 34.7 Å². The number of carbonyl (C=O) groups excluding carboxylic acids is 1. The zero-order valence-electron chi connectivity index (χ0n) is 15.1. The number of benzene rings is 1. The van der Waals surface area contributed by atoms with Gasteiger partial charge in [0.1, 0.15) is 18.2 Å². The second-order valence-corrected chi connectivity index (χ2v) is 6.75. The number of likely N-dealkylation sites (tertiary alicyclic amines) is 1. The first kappa shape index (κ1) is 18.3. The Bertz CT molecular complexity index is 1150. The van der Waals surface area contributed by atoms with Gasteiger partial charge in [-0.1, -0.05) is 0 Å². The standard InChI is InChI=1S/C19H17F3N4O2/c1-11-14(21)4-3-13(17(11)22)12-7-15-18(23-8-12)26(10-20)19(28)25(15)9-16(27)24-5-2-6-24/h3-4,7-8H,2,5-6,9-10H2,1H3. The van der Waals surface area contributed by atoms with Crippen LogP contribution in [0.3, 0.4) is 0 Å². The number of hydrogen-bond donors (Lipinski definition) is 0. The van der Waals surface area contributed by atoms with Crippen molar-refractivity contribution >= 4 is 17.1 Å². The molecule has 3 heterocycles. The van der Waals surface area contributed by atoms with E-state index in [1.807, 2.05) is 0 Å². The molecule has 0 unspecified atom stereocenters. The van der Waals surface area contributed by atoms with Crippen LogP contribution in [-0.4, -0.2) is 38.0 Å². The van der Waals surface area contributed by atoms with Crippen LogP contribution in [0.4, 0.5) is 13.2 Å². The maximum atomic E-state index is 14.5. The third-order valence-corrected chi connectivity index (χ3v) is 5.11. The molecule has 1 aromatic carbocycles. The van der Waals surface area contributed by atoms with Crippen LogP contribution in [0.2, 0.25) is 0 Å². The molecule has 0 saturated carbocycles. The van der Waals surface area contributed by atoms with Gasteiger partial charge in [-0.3, -0.25) is 9.36 Å². The summed E-state index contributed by atoms with van der Waals surface area (Å²) in [7, 11) is 0. The van der Waals surface area contributed by atoms with E-state index in [2.05, 4.69) is 4.98 Å². The quantitative estimate of drug-likeness (QED) is 0.688. The van der Waals surface area contributed by atoms with Crippen LogP contribution in [-0.2, 0) is 18.1 Å². The lowest BCUT2D eigenvalue weighted by atomic mass is 10.0. The summed E-state index contributed by atoms with van der Waals surface area (Å²) in [6, 6.07) is 3.89. The highest BCUT2D eigenvalue weighted by atomic mass is 19.1. The number of alkyl halides is 1. The Hall–Kier alpha value is -3.10. The van der Waals surface area contributed by atoms with Gasteiger partial charge in [-0.15, -0.1) is 0 Å². The molecule has 9 heteroatoms. The van der Waals surface area contributed by atoms with Crippen LogP contribution in [0, 0.1) is 18.6 Å². The van der Waals surface area contributed by atoms with Gasteiger partial charge in [-0.2, -0.15) is 0 Å². The number of carbonyl (C=O) groups is 1. The first-order chi connectivity index (χ1) is 13.4. The molecule has 1 aliphatic rings. The van der Waals surface area contributed by atoms with E-state index < -0.39 is 24.1 Å². The zero-order chi connectivity index (χ0) is 20.0. The number of halogens is 3. The molecule has 2 aromatic heterocycles. The molecule has 0 N–H and O–H groups in total. The predicted molar refractivity (Wildman–Crippen MR) is 96.4 cm³/mol. The lowest BCUT2D eigenvalue weighted by Crippen LogP contribution is -2.44. The highest BCUT2D eigenvalue weighted by Crippen LogP contribution is 2.28. The monoisotopic (exact) mass is 390 g/mol. The van der Waals surface area contributed by atoms with Crippen molar-refractivity contribution in [2.45, 2.75) is 26.7 Å². The van der Waals surface area contributed by atoms with Gasteiger partial charge in [-0.25, -0.2) is 27.5 Å². The number of imidazole rings is 1. The molecule has 0 aliphatic carbocycles. The third kappa shape index (κ3) is 2.78. The average molecular weight is 390 g/mol. The molecule has 0 atom stereocenters. The highest BCUT2D eigenvalue weighted by Gasteiger charge is 2.24. The fraction of sp³-hybridized carbons (Fsp3) is 0.316. The van der Waals surface area contributed by atoms with Crippen LogP contribution in [0.25, 0.3) is 22.3 Å². The van der Waals surface area contributed by atoms with Gasteiger partial charge < -0.3 is 4.90 Å². The van der Waals surface area contributed by atoms with Crippen molar-refractivity contribution in [3.05, 3.63) is 52.1 Å². The fourth-order valence-electron chi connectivity index (χ4n) is 3.29. The summed E-state index contributed by atoms with van der Waals surface area (Å²) in [5, 5.41) is 0. The Morgan fingerprint density at radius 2 is 1.96 bits per heavy atom. The van der Waals surface area contributed by atoms with Crippen LogP contribution < -0.4 is 5.69 Å². The summed E-state index contributed by atoms with van der Waals surface area (Å²) in [6.07, 6.45) is 2.20. The molecule has 0 radical (unpaired) electrons. The van der Waals surface area contributed by atoms with E-state index in [1.54, 1.807) is 4.90 Å². The molecule has 4 rings (SSSR count). The van der Waals surface area contributed by atoms with E-state index >= 15 is 0 Å². The first-order valence-corrected chi connectivity index (χ1v) is 8.80. The minimum atomic E-state index is -1.10. The molecule has 0 bridgehead atoms. The molecular weight excluding hydrogens is 373 g/mol. The molecule has 146 valence electrons.